The van der Waals surface area contributed by atoms with E-state index < -0.39 is 47.9 Å². The topological polar surface area (TPSA) is 167 Å². The van der Waals surface area contributed by atoms with Crippen LogP contribution >= 0.6 is 0 Å². The molecular weight excluding hydrogens is 588 g/mol. The van der Waals surface area contributed by atoms with Crippen molar-refractivity contribution in [3.05, 3.63) is 76.9 Å². The molecule has 238 valence electrons. The van der Waals surface area contributed by atoms with Crippen LogP contribution in [0.4, 0.5) is 0 Å². The highest BCUT2D eigenvalue weighted by Gasteiger charge is 2.71. The maximum absolute atomic E-state index is 14.0. The van der Waals surface area contributed by atoms with E-state index in [0.717, 1.165) is 0 Å². The molecule has 3 aromatic carbocycles. The minimum absolute atomic E-state index is 0.0368. The Morgan fingerprint density at radius 3 is 2.29 bits per heavy atom. The third-order valence-electron chi connectivity index (χ3n) is 8.16. The van der Waals surface area contributed by atoms with Crippen molar-refractivity contribution in [3.63, 3.8) is 0 Å². The Kier molecular flexibility index (Phi) is 8.78. The molecule has 0 fully saturated rings. The standard InChI is InChI=1S/C33H34O12/c1-4-12-41-21-8-10-24-23(14-21)30(22-9-7-20(40-3)15-26(22)42-17-29(36)37)33(31(38)39,45-5-2)32(24,16-28(34)35)19-6-11-25-27(13-19)44-18-43-25/h6-11,13-15,30H,4-5,12,16-18H2,1-3H3,(H,34,35)(H,36,37)(H,38,39)/t30-,32+,33+/m1/s1. The van der Waals surface area contributed by atoms with Crippen LogP contribution in [0, 0.1) is 0 Å². The number of fused-ring (bicyclic) bond motifs is 2. The monoisotopic (exact) mass is 622 g/mol. The first kappa shape index (κ1) is 31.5. The first-order valence-corrected chi connectivity index (χ1v) is 14.4. The van der Waals surface area contributed by atoms with Gasteiger partial charge in [-0.3, -0.25) is 4.79 Å². The lowest BCUT2D eigenvalue weighted by molar-refractivity contribution is -0.177. The van der Waals surface area contributed by atoms with E-state index in [-0.39, 0.29) is 24.7 Å². The van der Waals surface area contributed by atoms with Crippen LogP contribution in [0.15, 0.2) is 54.6 Å². The zero-order chi connectivity index (χ0) is 32.4. The molecule has 3 N–H and O–H groups in total. The van der Waals surface area contributed by atoms with Crippen molar-refractivity contribution in [2.75, 3.05) is 33.7 Å². The average Bonchev–Trinajstić information content (AvgIpc) is 3.58. The Morgan fingerprint density at radius 1 is 0.867 bits per heavy atom. The fourth-order valence-electron chi connectivity index (χ4n) is 6.56. The number of benzene rings is 3. The first-order chi connectivity index (χ1) is 21.6. The van der Waals surface area contributed by atoms with E-state index in [0.29, 0.717) is 52.7 Å². The third kappa shape index (κ3) is 5.24. The van der Waals surface area contributed by atoms with Gasteiger partial charge in [0.1, 0.15) is 17.2 Å². The van der Waals surface area contributed by atoms with Gasteiger partial charge in [0, 0.05) is 18.2 Å². The molecular formula is C33H34O12. The molecule has 1 aliphatic carbocycles. The summed E-state index contributed by atoms with van der Waals surface area (Å²) >= 11 is 0. The van der Waals surface area contributed by atoms with Gasteiger partial charge in [-0.25, -0.2) is 9.59 Å². The van der Waals surface area contributed by atoms with Gasteiger partial charge in [0.25, 0.3) is 0 Å². The van der Waals surface area contributed by atoms with Crippen molar-refractivity contribution in [3.8, 4) is 28.7 Å². The quantitative estimate of drug-likeness (QED) is 0.232. The normalized spacial score (nSPS) is 21.2. The number of carboxylic acid groups (broad SMARTS) is 3. The molecule has 0 saturated carbocycles. The number of methoxy groups -OCH3 is 1. The molecule has 1 aliphatic heterocycles. The van der Waals surface area contributed by atoms with Crippen molar-refractivity contribution < 1.29 is 58.1 Å². The van der Waals surface area contributed by atoms with Crippen LogP contribution in [0.1, 0.15) is 54.9 Å². The van der Waals surface area contributed by atoms with E-state index in [1.165, 1.54) is 13.2 Å². The minimum atomic E-state index is -2.30. The number of aliphatic carboxylic acids is 3. The summed E-state index contributed by atoms with van der Waals surface area (Å²) in [6, 6.07) is 14.5. The van der Waals surface area contributed by atoms with Gasteiger partial charge >= 0.3 is 17.9 Å². The Bertz CT molecular complexity index is 1620. The lowest BCUT2D eigenvalue weighted by atomic mass is 9.61. The van der Waals surface area contributed by atoms with E-state index in [1.54, 1.807) is 55.5 Å². The SMILES string of the molecule is CCCOc1ccc2c(c1)[C@@H](c1ccc(OC)cc1OCC(=O)O)[C@](OCC)(C(=O)O)[C@@]2(CC(=O)O)c1ccc2c(c1)OCO2. The molecule has 0 amide bonds. The van der Waals surface area contributed by atoms with Gasteiger partial charge in [-0.15, -0.1) is 0 Å². The molecule has 1 heterocycles. The number of hydrogen-bond donors (Lipinski definition) is 3. The van der Waals surface area contributed by atoms with Crippen LogP contribution in [0.5, 0.6) is 28.7 Å². The molecule has 12 nitrogen and oxygen atoms in total. The molecule has 3 aromatic rings. The maximum atomic E-state index is 14.0. The molecule has 12 heteroatoms. The Morgan fingerprint density at radius 2 is 1.62 bits per heavy atom. The smallest absolute Gasteiger partial charge is 0.341 e. The highest BCUT2D eigenvalue weighted by atomic mass is 16.7. The average molecular weight is 623 g/mol. The molecule has 5 rings (SSSR count). The molecule has 3 atom stereocenters. The first-order valence-electron chi connectivity index (χ1n) is 14.4. The highest BCUT2D eigenvalue weighted by Crippen LogP contribution is 2.64. The lowest BCUT2D eigenvalue weighted by Crippen LogP contribution is -2.60. The van der Waals surface area contributed by atoms with Gasteiger partial charge in [0.05, 0.1) is 31.5 Å². The highest BCUT2D eigenvalue weighted by molar-refractivity contribution is 5.90. The summed E-state index contributed by atoms with van der Waals surface area (Å²) in [4.78, 5) is 38.4. The summed E-state index contributed by atoms with van der Waals surface area (Å²) in [7, 11) is 1.43. The molecule has 2 aliphatic rings. The Balaban J connectivity index is 1.91. The van der Waals surface area contributed by atoms with Gasteiger partial charge < -0.3 is 43.7 Å². The second kappa shape index (κ2) is 12.6. The minimum Gasteiger partial charge on any atom is -0.497 e. The molecule has 0 radical (unpaired) electrons. The second-order valence-electron chi connectivity index (χ2n) is 10.6. The lowest BCUT2D eigenvalue weighted by Gasteiger charge is -2.45. The Labute approximate surface area is 259 Å². The van der Waals surface area contributed by atoms with E-state index in [2.05, 4.69) is 0 Å². The zero-order valence-electron chi connectivity index (χ0n) is 25.0. The summed E-state index contributed by atoms with van der Waals surface area (Å²) < 4.78 is 34.5. The predicted molar refractivity (Wildman–Crippen MR) is 158 cm³/mol. The number of ether oxygens (including phenoxy) is 6. The van der Waals surface area contributed by atoms with Gasteiger partial charge in [0.15, 0.2) is 23.7 Å². The third-order valence-corrected chi connectivity index (χ3v) is 8.16. The maximum Gasteiger partial charge on any atom is 0.341 e. The molecule has 0 saturated heterocycles. The van der Waals surface area contributed by atoms with Crippen molar-refractivity contribution in [1.82, 2.24) is 0 Å². The largest absolute Gasteiger partial charge is 0.497 e. The van der Waals surface area contributed by atoms with Crippen LogP contribution in [0.2, 0.25) is 0 Å². The summed E-state index contributed by atoms with van der Waals surface area (Å²) in [6.45, 7) is 3.08. The fourth-order valence-corrected chi connectivity index (χ4v) is 6.56. The van der Waals surface area contributed by atoms with E-state index in [9.17, 15) is 29.7 Å². The van der Waals surface area contributed by atoms with Crippen LogP contribution in [0.3, 0.4) is 0 Å². The van der Waals surface area contributed by atoms with Crippen LogP contribution in [-0.2, 0) is 24.5 Å². The molecule has 0 spiro atoms. The summed E-state index contributed by atoms with van der Waals surface area (Å²) in [5, 5.41) is 31.3. The molecule has 0 unspecified atom stereocenters. The summed E-state index contributed by atoms with van der Waals surface area (Å²) in [5.41, 5.74) is -2.76. The predicted octanol–water partition coefficient (Wildman–Crippen LogP) is 4.44. The van der Waals surface area contributed by atoms with Crippen molar-refractivity contribution in [2.24, 2.45) is 0 Å². The van der Waals surface area contributed by atoms with E-state index in [4.69, 9.17) is 28.4 Å². The summed E-state index contributed by atoms with van der Waals surface area (Å²) in [5.74, 6) is -3.59. The van der Waals surface area contributed by atoms with Crippen LogP contribution in [-0.4, -0.2) is 72.6 Å². The summed E-state index contributed by atoms with van der Waals surface area (Å²) in [6.07, 6.45) is 0.0312. The van der Waals surface area contributed by atoms with Crippen molar-refractivity contribution in [2.45, 2.75) is 43.6 Å². The number of carboxylic acids is 3. The fraction of sp³-hybridized carbons (Fsp3) is 0.364. The zero-order valence-corrected chi connectivity index (χ0v) is 25.0. The van der Waals surface area contributed by atoms with Crippen LogP contribution in [0.25, 0.3) is 0 Å². The molecule has 0 aromatic heterocycles. The van der Waals surface area contributed by atoms with Gasteiger partial charge in [0.2, 0.25) is 6.79 Å². The number of hydrogen-bond acceptors (Lipinski definition) is 9. The second-order valence-corrected chi connectivity index (χ2v) is 10.6. The number of rotatable bonds is 14. The van der Waals surface area contributed by atoms with Gasteiger partial charge in [-0.05, 0) is 60.4 Å². The molecule has 0 bridgehead atoms. The van der Waals surface area contributed by atoms with Crippen molar-refractivity contribution in [1.29, 1.82) is 0 Å². The Hall–Kier alpha value is -4.97. The number of carbonyl (C=O) groups is 3. The van der Waals surface area contributed by atoms with Crippen molar-refractivity contribution >= 4 is 17.9 Å². The molecule has 45 heavy (non-hydrogen) atoms. The van der Waals surface area contributed by atoms with Gasteiger partial charge in [-0.1, -0.05) is 25.1 Å². The van der Waals surface area contributed by atoms with Gasteiger partial charge in [-0.2, -0.15) is 0 Å². The van der Waals surface area contributed by atoms with E-state index >= 15 is 0 Å². The van der Waals surface area contributed by atoms with E-state index in [1.807, 2.05) is 6.92 Å². The van der Waals surface area contributed by atoms with Crippen LogP contribution < -0.4 is 23.7 Å².